The van der Waals surface area contributed by atoms with Crippen LogP contribution in [0.15, 0.2) is 36.5 Å². The fourth-order valence-corrected chi connectivity index (χ4v) is 1.12. The summed E-state index contributed by atoms with van der Waals surface area (Å²) >= 11 is 0. The van der Waals surface area contributed by atoms with E-state index in [1.807, 2.05) is 6.92 Å². The third-order valence-electron chi connectivity index (χ3n) is 1.96. The molecule has 0 bridgehead atoms. The van der Waals surface area contributed by atoms with Gasteiger partial charge in [-0.25, -0.2) is 4.79 Å². The average molecular weight is 206 g/mol. The van der Waals surface area contributed by atoms with Crippen molar-refractivity contribution >= 4 is 11.8 Å². The van der Waals surface area contributed by atoms with Crippen molar-refractivity contribution in [1.29, 1.82) is 0 Å². The summed E-state index contributed by atoms with van der Waals surface area (Å²) < 4.78 is 4.99. The van der Waals surface area contributed by atoms with E-state index < -0.39 is 0 Å². The topological polar surface area (TPSA) is 43.4 Å². The minimum Gasteiger partial charge on any atom is -0.455 e. The van der Waals surface area contributed by atoms with Gasteiger partial charge in [-0.2, -0.15) is 0 Å². The van der Waals surface area contributed by atoms with Crippen LogP contribution in [-0.4, -0.2) is 17.9 Å². The van der Waals surface area contributed by atoms with Crippen molar-refractivity contribution < 1.29 is 14.3 Å². The van der Waals surface area contributed by atoms with Crippen molar-refractivity contribution in [2.75, 3.05) is 0 Å². The molecule has 0 saturated heterocycles. The summed E-state index contributed by atoms with van der Waals surface area (Å²) in [5.41, 5.74) is 0. The van der Waals surface area contributed by atoms with Crippen LogP contribution in [0.2, 0.25) is 0 Å². The first-order valence-corrected chi connectivity index (χ1v) is 4.97. The Kier molecular flexibility index (Phi) is 4.54. The van der Waals surface area contributed by atoms with Gasteiger partial charge >= 0.3 is 5.97 Å². The van der Waals surface area contributed by atoms with E-state index in [1.165, 1.54) is 12.2 Å². The molecule has 80 valence electrons. The van der Waals surface area contributed by atoms with Gasteiger partial charge in [-0.1, -0.05) is 25.2 Å². The van der Waals surface area contributed by atoms with Gasteiger partial charge in [0.2, 0.25) is 0 Å². The first-order valence-electron chi connectivity index (χ1n) is 4.97. The van der Waals surface area contributed by atoms with Crippen LogP contribution >= 0.6 is 0 Å². The van der Waals surface area contributed by atoms with Gasteiger partial charge in [0.25, 0.3) is 0 Å². The molecule has 3 heteroatoms. The molecule has 0 amide bonds. The van der Waals surface area contributed by atoms with Crippen LogP contribution in [0.1, 0.15) is 19.8 Å². The van der Waals surface area contributed by atoms with Gasteiger partial charge in [-0.15, -0.1) is 0 Å². The molecule has 0 aromatic rings. The fraction of sp³-hybridized carbons (Fsp3) is 0.333. The second kappa shape index (κ2) is 5.96. The van der Waals surface area contributed by atoms with E-state index in [2.05, 4.69) is 0 Å². The van der Waals surface area contributed by atoms with E-state index >= 15 is 0 Å². The van der Waals surface area contributed by atoms with E-state index in [0.717, 1.165) is 0 Å². The predicted octanol–water partition coefficient (Wildman–Crippen LogP) is 1.95. The van der Waals surface area contributed by atoms with Gasteiger partial charge in [-0.05, 0) is 12.2 Å². The Bertz CT molecular complexity index is 324. The van der Waals surface area contributed by atoms with Gasteiger partial charge in [0.1, 0.15) is 6.10 Å². The lowest BCUT2D eigenvalue weighted by molar-refractivity contribution is -0.141. The lowest BCUT2D eigenvalue weighted by Crippen LogP contribution is -2.17. The minimum absolute atomic E-state index is 0.0835. The summed E-state index contributed by atoms with van der Waals surface area (Å²) in [5.74, 6) is -0.232. The molecule has 3 nitrogen and oxygen atoms in total. The molecule has 1 atom stereocenters. The fourth-order valence-electron chi connectivity index (χ4n) is 1.12. The Morgan fingerprint density at radius 1 is 1.60 bits per heavy atom. The van der Waals surface area contributed by atoms with Crippen molar-refractivity contribution in [2.24, 2.45) is 0 Å². The van der Waals surface area contributed by atoms with E-state index in [-0.39, 0.29) is 17.9 Å². The Hall–Kier alpha value is -1.64. The van der Waals surface area contributed by atoms with Gasteiger partial charge in [0.15, 0.2) is 5.78 Å². The zero-order valence-corrected chi connectivity index (χ0v) is 8.68. The Labute approximate surface area is 89.1 Å². The van der Waals surface area contributed by atoms with Crippen LogP contribution in [0.25, 0.3) is 0 Å². The first-order chi connectivity index (χ1) is 7.22. The zero-order chi connectivity index (χ0) is 11.1. The summed E-state index contributed by atoms with van der Waals surface area (Å²) in [6.07, 6.45) is 10.9. The highest BCUT2D eigenvalue weighted by Gasteiger charge is 2.11. The molecule has 1 aliphatic rings. The van der Waals surface area contributed by atoms with Crippen LogP contribution in [-0.2, 0) is 14.3 Å². The molecule has 1 heterocycles. The first kappa shape index (κ1) is 11.4. The molecule has 0 unspecified atom stereocenters. The number of ketones is 1. The predicted molar refractivity (Wildman–Crippen MR) is 57.2 cm³/mol. The molecule has 0 spiro atoms. The van der Waals surface area contributed by atoms with Crippen molar-refractivity contribution in [3.05, 3.63) is 36.5 Å². The maximum atomic E-state index is 10.9. The standard InChI is InChI=1S/C12H14O3/c1-2-10(13)6-3-4-7-11-8-5-9-12(14)15-11/h3-7,9,11H,2,8H2,1H3/b6-3+,7-4+/t11-/m1/s1. The average Bonchev–Trinajstić information content (AvgIpc) is 2.24. The number of carbonyl (C=O) groups excluding carboxylic acids is 2. The van der Waals surface area contributed by atoms with Gasteiger partial charge in [0, 0.05) is 18.9 Å². The van der Waals surface area contributed by atoms with Crippen LogP contribution in [0, 0.1) is 0 Å². The quantitative estimate of drug-likeness (QED) is 0.401. The number of ether oxygens (including phenoxy) is 1. The van der Waals surface area contributed by atoms with E-state index in [0.29, 0.717) is 12.8 Å². The lowest BCUT2D eigenvalue weighted by atomic mass is 10.2. The smallest absolute Gasteiger partial charge is 0.331 e. The number of esters is 1. The molecule has 0 fully saturated rings. The Balaban J connectivity index is 2.38. The SMILES string of the molecule is CCC(=O)/C=C/C=C/[C@@H]1CC=CC(=O)O1. The molecular weight excluding hydrogens is 192 g/mol. The van der Waals surface area contributed by atoms with Crippen LogP contribution in [0.5, 0.6) is 0 Å². The maximum Gasteiger partial charge on any atom is 0.331 e. The molecule has 15 heavy (non-hydrogen) atoms. The minimum atomic E-state index is -0.315. The van der Waals surface area contributed by atoms with Crippen molar-refractivity contribution in [3.63, 3.8) is 0 Å². The summed E-state index contributed by atoms with van der Waals surface area (Å²) in [5, 5.41) is 0. The molecular formula is C12H14O3. The summed E-state index contributed by atoms with van der Waals surface area (Å²) in [7, 11) is 0. The van der Waals surface area contributed by atoms with Crippen LogP contribution in [0.4, 0.5) is 0 Å². The van der Waals surface area contributed by atoms with Crippen LogP contribution in [0.3, 0.4) is 0 Å². The number of hydrogen-bond acceptors (Lipinski definition) is 3. The highest BCUT2D eigenvalue weighted by atomic mass is 16.5. The number of carbonyl (C=O) groups is 2. The zero-order valence-electron chi connectivity index (χ0n) is 8.68. The highest BCUT2D eigenvalue weighted by molar-refractivity contribution is 5.89. The summed E-state index contributed by atoms with van der Waals surface area (Å²) in [6.45, 7) is 1.81. The molecule has 1 aliphatic heterocycles. The van der Waals surface area contributed by atoms with Gasteiger partial charge in [0.05, 0.1) is 0 Å². The second-order valence-electron chi connectivity index (χ2n) is 3.18. The molecule has 0 aromatic heterocycles. The number of cyclic esters (lactones) is 1. The van der Waals surface area contributed by atoms with Gasteiger partial charge < -0.3 is 4.74 Å². The largest absolute Gasteiger partial charge is 0.455 e. The lowest BCUT2D eigenvalue weighted by Gasteiger charge is -2.13. The normalized spacial score (nSPS) is 21.1. The third-order valence-corrected chi connectivity index (χ3v) is 1.96. The molecule has 0 saturated carbocycles. The number of rotatable bonds is 4. The second-order valence-corrected chi connectivity index (χ2v) is 3.18. The van der Waals surface area contributed by atoms with E-state index in [4.69, 9.17) is 4.74 Å². The van der Waals surface area contributed by atoms with Crippen molar-refractivity contribution in [1.82, 2.24) is 0 Å². The van der Waals surface area contributed by atoms with Crippen molar-refractivity contribution in [3.8, 4) is 0 Å². The third kappa shape index (κ3) is 4.40. The van der Waals surface area contributed by atoms with E-state index in [9.17, 15) is 9.59 Å². The summed E-state index contributed by atoms with van der Waals surface area (Å²) in [4.78, 5) is 21.7. The maximum absolute atomic E-state index is 10.9. The van der Waals surface area contributed by atoms with E-state index in [1.54, 1.807) is 24.3 Å². The molecule has 0 radical (unpaired) electrons. The Morgan fingerprint density at radius 2 is 2.40 bits per heavy atom. The molecule has 0 aliphatic carbocycles. The van der Waals surface area contributed by atoms with Gasteiger partial charge in [-0.3, -0.25) is 4.79 Å². The number of hydrogen-bond donors (Lipinski definition) is 0. The monoisotopic (exact) mass is 206 g/mol. The molecule has 0 aromatic carbocycles. The molecule has 1 rings (SSSR count). The Morgan fingerprint density at radius 3 is 3.07 bits per heavy atom. The summed E-state index contributed by atoms with van der Waals surface area (Å²) in [6, 6.07) is 0. The highest BCUT2D eigenvalue weighted by Crippen LogP contribution is 2.08. The molecule has 0 N–H and O–H groups in total. The number of allylic oxidation sites excluding steroid dienone is 3. The van der Waals surface area contributed by atoms with Crippen LogP contribution < -0.4 is 0 Å². The van der Waals surface area contributed by atoms with Crippen molar-refractivity contribution in [2.45, 2.75) is 25.9 Å².